The Bertz CT molecular complexity index is 615. The number of anilines is 1. The second-order valence-corrected chi connectivity index (χ2v) is 7.15. The van der Waals surface area contributed by atoms with Gasteiger partial charge in [0.05, 0.1) is 4.70 Å². The number of ether oxygens (including phenoxy) is 1. The van der Waals surface area contributed by atoms with Crippen LogP contribution in [0.5, 0.6) is 0 Å². The van der Waals surface area contributed by atoms with E-state index in [9.17, 15) is 0 Å². The molecule has 2 aliphatic rings. The summed E-state index contributed by atoms with van der Waals surface area (Å²) in [6.07, 6.45) is 2.55. The van der Waals surface area contributed by atoms with Crippen molar-refractivity contribution in [1.29, 1.82) is 0 Å². The third kappa shape index (κ3) is 2.98. The summed E-state index contributed by atoms with van der Waals surface area (Å²) < 4.78 is 11.4. The maximum Gasteiger partial charge on any atom is 0.150 e. The van der Waals surface area contributed by atoms with Crippen molar-refractivity contribution in [2.24, 2.45) is 5.92 Å². The Morgan fingerprint density at radius 2 is 2.05 bits per heavy atom. The van der Waals surface area contributed by atoms with Gasteiger partial charge in [0.2, 0.25) is 0 Å². The van der Waals surface area contributed by atoms with Gasteiger partial charge in [0.15, 0.2) is 0 Å². The first kappa shape index (κ1) is 14.4. The molecule has 2 aliphatic heterocycles. The molecule has 0 bridgehead atoms. The fourth-order valence-corrected chi connectivity index (χ4v) is 4.26. The normalized spacial score (nSPS) is 23.5. The molecule has 5 heteroatoms. The molecule has 1 aromatic carbocycles. The van der Waals surface area contributed by atoms with Crippen LogP contribution in [0.2, 0.25) is 0 Å². The van der Waals surface area contributed by atoms with E-state index in [1.165, 1.54) is 35.3 Å². The highest BCUT2D eigenvalue weighted by Gasteiger charge is 2.22. The zero-order valence-electron chi connectivity index (χ0n) is 12.9. The van der Waals surface area contributed by atoms with Crippen LogP contribution in [-0.4, -0.2) is 55.2 Å². The Balaban J connectivity index is 1.33. The second-order valence-electron chi connectivity index (χ2n) is 6.35. The first-order valence-electron chi connectivity index (χ1n) is 8.29. The summed E-state index contributed by atoms with van der Waals surface area (Å²) >= 11 is 1.62. The summed E-state index contributed by atoms with van der Waals surface area (Å²) in [5.74, 6) is 1.98. The zero-order chi connectivity index (χ0) is 14.8. The van der Waals surface area contributed by atoms with Gasteiger partial charge >= 0.3 is 0 Å². The Kier molecular flexibility index (Phi) is 4.28. The molecular formula is C17H23N3OS. The summed E-state index contributed by atoms with van der Waals surface area (Å²) in [6.45, 7) is 7.66. The molecule has 1 atom stereocenters. The van der Waals surface area contributed by atoms with Crippen molar-refractivity contribution in [3.63, 3.8) is 0 Å². The van der Waals surface area contributed by atoms with E-state index in [0.717, 1.165) is 45.3 Å². The van der Waals surface area contributed by atoms with Gasteiger partial charge < -0.3 is 9.64 Å². The van der Waals surface area contributed by atoms with Gasteiger partial charge in [-0.3, -0.25) is 4.90 Å². The first-order chi connectivity index (χ1) is 10.9. The van der Waals surface area contributed by atoms with E-state index in [4.69, 9.17) is 4.74 Å². The number of hydrogen-bond acceptors (Lipinski definition) is 5. The lowest BCUT2D eigenvalue weighted by Crippen LogP contribution is -2.47. The van der Waals surface area contributed by atoms with E-state index < -0.39 is 0 Å². The molecule has 4 rings (SSSR count). The van der Waals surface area contributed by atoms with E-state index in [2.05, 4.69) is 38.4 Å². The van der Waals surface area contributed by atoms with Crippen molar-refractivity contribution in [3.8, 4) is 0 Å². The molecule has 1 aromatic heterocycles. The van der Waals surface area contributed by atoms with Gasteiger partial charge in [0.1, 0.15) is 5.82 Å². The number of benzene rings is 1. The molecule has 0 radical (unpaired) electrons. The molecule has 3 heterocycles. The quantitative estimate of drug-likeness (QED) is 0.867. The average Bonchev–Trinajstić information content (AvgIpc) is 3.23. The number of rotatable bonds is 4. The van der Waals surface area contributed by atoms with Crippen molar-refractivity contribution in [2.45, 2.75) is 12.8 Å². The zero-order valence-corrected chi connectivity index (χ0v) is 13.7. The number of fused-ring (bicyclic) bond motifs is 1. The molecule has 1 unspecified atom stereocenters. The topological polar surface area (TPSA) is 28.6 Å². The largest absolute Gasteiger partial charge is 0.381 e. The van der Waals surface area contributed by atoms with Crippen molar-refractivity contribution in [3.05, 3.63) is 24.3 Å². The van der Waals surface area contributed by atoms with Crippen LogP contribution in [-0.2, 0) is 4.74 Å². The Morgan fingerprint density at radius 1 is 1.18 bits per heavy atom. The Morgan fingerprint density at radius 3 is 2.86 bits per heavy atom. The monoisotopic (exact) mass is 317 g/mol. The van der Waals surface area contributed by atoms with Gasteiger partial charge in [-0.1, -0.05) is 12.1 Å². The van der Waals surface area contributed by atoms with E-state index in [-0.39, 0.29) is 0 Å². The lowest BCUT2D eigenvalue weighted by molar-refractivity contribution is 0.176. The number of piperazine rings is 1. The number of nitrogens with zero attached hydrogens (tertiary/aromatic N) is 3. The summed E-state index contributed by atoms with van der Waals surface area (Å²) in [4.78, 5) is 5.05. The fourth-order valence-electron chi connectivity index (χ4n) is 3.46. The van der Waals surface area contributed by atoms with Crippen LogP contribution in [0.15, 0.2) is 24.3 Å². The molecule has 2 aromatic rings. The van der Waals surface area contributed by atoms with E-state index in [1.54, 1.807) is 11.5 Å². The van der Waals surface area contributed by atoms with Gasteiger partial charge in [0.25, 0.3) is 0 Å². The smallest absolute Gasteiger partial charge is 0.150 e. The van der Waals surface area contributed by atoms with Crippen LogP contribution in [0.1, 0.15) is 12.8 Å². The minimum atomic E-state index is 0.792. The summed E-state index contributed by atoms with van der Waals surface area (Å²) in [7, 11) is 0. The van der Waals surface area contributed by atoms with Gasteiger partial charge in [-0.15, -0.1) is 0 Å². The molecule has 2 fully saturated rings. The molecule has 0 spiro atoms. The third-order valence-electron chi connectivity index (χ3n) is 4.91. The van der Waals surface area contributed by atoms with Gasteiger partial charge in [-0.2, -0.15) is 4.37 Å². The molecule has 2 saturated heterocycles. The molecule has 22 heavy (non-hydrogen) atoms. The van der Waals surface area contributed by atoms with E-state index in [0.29, 0.717) is 0 Å². The lowest BCUT2D eigenvalue weighted by Gasteiger charge is -2.35. The van der Waals surface area contributed by atoms with Crippen LogP contribution < -0.4 is 4.90 Å². The van der Waals surface area contributed by atoms with Crippen LogP contribution in [0.25, 0.3) is 10.1 Å². The highest BCUT2D eigenvalue weighted by atomic mass is 32.1. The maximum atomic E-state index is 5.47. The van der Waals surface area contributed by atoms with Gasteiger partial charge in [0, 0.05) is 44.8 Å². The Hall–Kier alpha value is -1.17. The molecular weight excluding hydrogens is 294 g/mol. The minimum Gasteiger partial charge on any atom is -0.381 e. The van der Waals surface area contributed by atoms with Crippen molar-refractivity contribution >= 4 is 27.4 Å². The summed E-state index contributed by atoms with van der Waals surface area (Å²) in [5, 5.41) is 1.31. The fraction of sp³-hybridized carbons (Fsp3) is 0.588. The summed E-state index contributed by atoms with van der Waals surface area (Å²) in [6, 6.07) is 8.56. The summed E-state index contributed by atoms with van der Waals surface area (Å²) in [5.41, 5.74) is 0. The van der Waals surface area contributed by atoms with Crippen LogP contribution >= 0.6 is 11.5 Å². The number of hydrogen-bond donors (Lipinski definition) is 0. The van der Waals surface area contributed by atoms with Crippen molar-refractivity contribution < 1.29 is 4.74 Å². The third-order valence-corrected chi connectivity index (χ3v) is 5.72. The average molecular weight is 317 g/mol. The molecule has 4 nitrogen and oxygen atoms in total. The molecule has 0 saturated carbocycles. The van der Waals surface area contributed by atoms with Crippen molar-refractivity contribution in [1.82, 2.24) is 9.27 Å². The predicted molar refractivity (Wildman–Crippen MR) is 91.8 cm³/mol. The van der Waals surface area contributed by atoms with Crippen LogP contribution in [0.4, 0.5) is 5.82 Å². The highest BCUT2D eigenvalue weighted by Crippen LogP contribution is 2.29. The molecule has 0 N–H and O–H groups in total. The lowest BCUT2D eigenvalue weighted by atomic mass is 10.0. The van der Waals surface area contributed by atoms with Gasteiger partial charge in [-0.05, 0) is 49.0 Å². The first-order valence-corrected chi connectivity index (χ1v) is 9.07. The van der Waals surface area contributed by atoms with Crippen LogP contribution in [0, 0.1) is 5.92 Å². The number of aromatic nitrogens is 1. The van der Waals surface area contributed by atoms with Gasteiger partial charge in [-0.25, -0.2) is 0 Å². The predicted octanol–water partition coefficient (Wildman–Crippen LogP) is 2.84. The maximum absolute atomic E-state index is 5.47. The minimum absolute atomic E-state index is 0.792. The molecule has 118 valence electrons. The Labute approximate surface area is 135 Å². The molecule has 0 aliphatic carbocycles. The highest BCUT2D eigenvalue weighted by molar-refractivity contribution is 7.13. The van der Waals surface area contributed by atoms with Crippen molar-refractivity contribution in [2.75, 3.05) is 50.8 Å². The SMILES string of the molecule is c1ccc2c(N3CCN(CCC4CCOC4)CC3)nsc2c1. The van der Waals surface area contributed by atoms with Crippen LogP contribution in [0.3, 0.4) is 0 Å². The second kappa shape index (κ2) is 6.52. The standard InChI is InChI=1S/C17H23N3OS/c1-2-4-16-15(3-1)17(18-22-16)20-10-8-19(9-11-20)7-5-14-6-12-21-13-14/h1-4,14H,5-13H2. The van der Waals surface area contributed by atoms with E-state index in [1.807, 2.05) is 0 Å². The van der Waals surface area contributed by atoms with E-state index >= 15 is 0 Å². The molecule has 0 amide bonds.